The largest absolute Gasteiger partial charge is 0.280 e. The van der Waals surface area contributed by atoms with Crippen LogP contribution in [0.2, 0.25) is 0 Å². The first-order chi connectivity index (χ1) is 9.97. The smallest absolute Gasteiger partial charge is 0.263 e. The van der Waals surface area contributed by atoms with Gasteiger partial charge in [0.25, 0.3) is 10.0 Å². The maximum absolute atomic E-state index is 12.4. The van der Waals surface area contributed by atoms with Crippen molar-refractivity contribution < 1.29 is 8.42 Å². The molecular weight excluding hydrogens is 354 g/mol. The maximum Gasteiger partial charge on any atom is 0.263 e. The number of sulfonamides is 1. The summed E-state index contributed by atoms with van der Waals surface area (Å²) in [6, 6.07) is 12.6. The van der Waals surface area contributed by atoms with Crippen LogP contribution in [0.5, 0.6) is 0 Å². The number of benzene rings is 2. The summed E-state index contributed by atoms with van der Waals surface area (Å²) in [5.41, 5.74) is 0.756. The fourth-order valence-electron chi connectivity index (χ4n) is 2.00. The molecule has 0 unspecified atom stereocenters. The summed E-state index contributed by atoms with van der Waals surface area (Å²) in [7, 11) is -3.68. The molecule has 0 aliphatic carbocycles. The minimum absolute atomic E-state index is 0.203. The minimum Gasteiger partial charge on any atom is -0.280 e. The fraction of sp³-hybridized carbons (Fsp3) is 0.0714. The van der Waals surface area contributed by atoms with Gasteiger partial charge in [0.15, 0.2) is 5.82 Å². The van der Waals surface area contributed by atoms with Crippen LogP contribution in [0.15, 0.2) is 51.8 Å². The second-order valence-corrected chi connectivity index (χ2v) is 7.10. The number of hydrogen-bond acceptors (Lipinski definition) is 3. The van der Waals surface area contributed by atoms with Crippen molar-refractivity contribution >= 4 is 42.5 Å². The number of aromatic nitrogens is 2. The van der Waals surface area contributed by atoms with Crippen LogP contribution < -0.4 is 4.72 Å². The summed E-state index contributed by atoms with van der Waals surface area (Å²) >= 11 is 3.29. The molecule has 5 nitrogen and oxygen atoms in total. The highest BCUT2D eigenvalue weighted by molar-refractivity contribution is 9.10. The topological polar surface area (TPSA) is 74.8 Å². The molecule has 0 saturated carbocycles. The predicted molar refractivity (Wildman–Crippen MR) is 85.8 cm³/mol. The molecule has 0 bridgehead atoms. The van der Waals surface area contributed by atoms with Gasteiger partial charge < -0.3 is 0 Å². The van der Waals surface area contributed by atoms with E-state index in [0.29, 0.717) is 4.47 Å². The Morgan fingerprint density at radius 3 is 2.52 bits per heavy atom. The third-order valence-corrected chi connectivity index (χ3v) is 5.44. The molecule has 0 spiro atoms. The first-order valence-corrected chi connectivity index (χ1v) is 8.47. The second-order valence-electron chi connectivity index (χ2n) is 4.63. The van der Waals surface area contributed by atoms with Crippen LogP contribution in [-0.4, -0.2) is 18.6 Å². The van der Waals surface area contributed by atoms with Crippen LogP contribution >= 0.6 is 15.9 Å². The number of anilines is 1. The average Bonchev–Trinajstić information content (AvgIpc) is 2.78. The van der Waals surface area contributed by atoms with E-state index in [1.807, 2.05) is 24.3 Å². The van der Waals surface area contributed by atoms with E-state index in [0.717, 1.165) is 16.5 Å². The number of nitrogens with zero attached hydrogens (tertiary/aromatic N) is 1. The van der Waals surface area contributed by atoms with Gasteiger partial charge in [0.1, 0.15) is 0 Å². The molecule has 2 N–H and O–H groups in total. The van der Waals surface area contributed by atoms with E-state index < -0.39 is 10.0 Å². The van der Waals surface area contributed by atoms with E-state index in [2.05, 4.69) is 30.8 Å². The molecule has 0 amide bonds. The van der Waals surface area contributed by atoms with E-state index in [9.17, 15) is 8.42 Å². The molecule has 0 aliphatic heterocycles. The number of H-pyrrole nitrogens is 1. The summed E-state index contributed by atoms with van der Waals surface area (Å²) in [4.78, 5) is 0.203. The van der Waals surface area contributed by atoms with Crippen molar-refractivity contribution in [1.82, 2.24) is 10.2 Å². The predicted octanol–water partition coefficient (Wildman–Crippen LogP) is 3.43. The zero-order valence-corrected chi connectivity index (χ0v) is 13.5. The van der Waals surface area contributed by atoms with E-state index in [1.54, 1.807) is 25.1 Å². The Morgan fingerprint density at radius 2 is 1.86 bits per heavy atom. The molecule has 7 heteroatoms. The van der Waals surface area contributed by atoms with Crippen LogP contribution in [-0.2, 0) is 10.0 Å². The van der Waals surface area contributed by atoms with Gasteiger partial charge in [-0.2, -0.15) is 5.10 Å². The maximum atomic E-state index is 12.4. The zero-order chi connectivity index (χ0) is 15.0. The van der Waals surface area contributed by atoms with Crippen LogP contribution in [0.1, 0.15) is 5.69 Å². The molecule has 2 aromatic carbocycles. The summed E-state index contributed by atoms with van der Waals surface area (Å²) in [5, 5.41) is 8.51. The number of rotatable bonds is 3. The van der Waals surface area contributed by atoms with Crippen molar-refractivity contribution in [1.29, 1.82) is 0 Å². The van der Waals surface area contributed by atoms with E-state index in [-0.39, 0.29) is 10.7 Å². The Labute approximate surface area is 130 Å². The van der Waals surface area contributed by atoms with Gasteiger partial charge in [-0.3, -0.25) is 9.82 Å². The standard InChI is InChI=1S/C14H12BrN3O2S/c1-9-13(15)14(17-16-9)18-21(19,20)12-7-6-10-4-2-3-5-11(10)8-12/h2-8H,1H3,(H2,16,17,18). The lowest BCUT2D eigenvalue weighted by molar-refractivity contribution is 0.601. The highest BCUT2D eigenvalue weighted by atomic mass is 79.9. The van der Waals surface area contributed by atoms with Gasteiger partial charge in [0.2, 0.25) is 0 Å². The van der Waals surface area contributed by atoms with Crippen LogP contribution in [0.3, 0.4) is 0 Å². The lowest BCUT2D eigenvalue weighted by Crippen LogP contribution is -2.13. The van der Waals surface area contributed by atoms with E-state index >= 15 is 0 Å². The molecule has 0 aliphatic rings. The van der Waals surface area contributed by atoms with Crippen LogP contribution in [0.25, 0.3) is 10.8 Å². The molecule has 1 heterocycles. The Kier molecular flexibility index (Phi) is 3.46. The Morgan fingerprint density at radius 1 is 1.14 bits per heavy atom. The monoisotopic (exact) mass is 365 g/mol. The van der Waals surface area contributed by atoms with Gasteiger partial charge in [-0.05, 0) is 45.8 Å². The average molecular weight is 366 g/mol. The molecule has 0 fully saturated rings. The Hall–Kier alpha value is -1.86. The quantitative estimate of drug-likeness (QED) is 0.746. The molecule has 0 saturated heterocycles. The lowest BCUT2D eigenvalue weighted by atomic mass is 10.1. The van der Waals surface area contributed by atoms with Gasteiger partial charge in [-0.15, -0.1) is 0 Å². The van der Waals surface area contributed by atoms with Crippen LogP contribution in [0, 0.1) is 6.92 Å². The number of aromatic amines is 1. The molecule has 108 valence electrons. The lowest BCUT2D eigenvalue weighted by Gasteiger charge is -2.07. The highest BCUT2D eigenvalue weighted by Gasteiger charge is 2.18. The summed E-state index contributed by atoms with van der Waals surface area (Å²) < 4.78 is 27.9. The fourth-order valence-corrected chi connectivity index (χ4v) is 3.46. The number of halogens is 1. The molecule has 3 rings (SSSR count). The number of fused-ring (bicyclic) bond motifs is 1. The summed E-state index contributed by atoms with van der Waals surface area (Å²) in [5.74, 6) is 0.251. The van der Waals surface area contributed by atoms with E-state index in [1.165, 1.54) is 0 Å². The number of hydrogen-bond donors (Lipinski definition) is 2. The first kappa shape index (κ1) is 14.1. The van der Waals surface area contributed by atoms with Crippen molar-refractivity contribution in [3.63, 3.8) is 0 Å². The van der Waals surface area contributed by atoms with Gasteiger partial charge in [-0.25, -0.2) is 8.42 Å². The second kappa shape index (κ2) is 5.16. The molecule has 1 aromatic heterocycles. The van der Waals surface area contributed by atoms with E-state index in [4.69, 9.17) is 0 Å². The van der Waals surface area contributed by atoms with Crippen molar-refractivity contribution in [3.05, 3.63) is 52.6 Å². The van der Waals surface area contributed by atoms with Crippen molar-refractivity contribution in [3.8, 4) is 0 Å². The molecular formula is C14H12BrN3O2S. The molecule has 3 aromatic rings. The third-order valence-electron chi connectivity index (χ3n) is 3.13. The molecule has 0 atom stereocenters. The van der Waals surface area contributed by atoms with Gasteiger partial charge >= 0.3 is 0 Å². The van der Waals surface area contributed by atoms with Crippen LogP contribution in [0.4, 0.5) is 5.82 Å². The molecule has 21 heavy (non-hydrogen) atoms. The van der Waals surface area contributed by atoms with Gasteiger partial charge in [0, 0.05) is 5.69 Å². The summed E-state index contributed by atoms with van der Waals surface area (Å²) in [6.45, 7) is 1.80. The zero-order valence-electron chi connectivity index (χ0n) is 11.1. The third kappa shape index (κ3) is 2.66. The SMILES string of the molecule is Cc1[nH]nc(NS(=O)(=O)c2ccc3ccccc3c2)c1Br. The number of aryl methyl sites for hydroxylation is 1. The normalized spacial score (nSPS) is 11.7. The molecule has 0 radical (unpaired) electrons. The highest BCUT2D eigenvalue weighted by Crippen LogP contribution is 2.26. The number of nitrogens with one attached hydrogen (secondary N) is 2. The van der Waals surface area contributed by atoms with Crippen molar-refractivity contribution in [2.24, 2.45) is 0 Å². The Bertz CT molecular complexity index is 919. The first-order valence-electron chi connectivity index (χ1n) is 6.19. The van der Waals surface area contributed by atoms with Gasteiger partial charge in [0.05, 0.1) is 9.37 Å². The van der Waals surface area contributed by atoms with Crippen molar-refractivity contribution in [2.45, 2.75) is 11.8 Å². The van der Waals surface area contributed by atoms with Gasteiger partial charge in [-0.1, -0.05) is 30.3 Å². The minimum atomic E-state index is -3.68. The summed E-state index contributed by atoms with van der Waals surface area (Å²) in [6.07, 6.45) is 0. The van der Waals surface area contributed by atoms with Crippen molar-refractivity contribution in [2.75, 3.05) is 4.72 Å². The Balaban J connectivity index is 2.02.